The van der Waals surface area contributed by atoms with Crippen LogP contribution in [0.2, 0.25) is 0 Å². The molecule has 0 unspecified atom stereocenters. The first kappa shape index (κ1) is 17.7. The predicted octanol–water partition coefficient (Wildman–Crippen LogP) is 2.76. The highest BCUT2D eigenvalue weighted by Crippen LogP contribution is 2.49. The molecule has 140 valence electrons. The van der Waals surface area contributed by atoms with Crippen LogP contribution >= 0.6 is 11.3 Å². The second-order valence-electron chi connectivity index (χ2n) is 7.93. The van der Waals surface area contributed by atoms with Crippen molar-refractivity contribution in [3.05, 3.63) is 34.5 Å². The van der Waals surface area contributed by atoms with E-state index < -0.39 is 0 Å². The number of thiazole rings is 1. The van der Waals surface area contributed by atoms with Crippen molar-refractivity contribution in [2.75, 3.05) is 26.7 Å². The largest absolute Gasteiger partial charge is 0.345 e. The molecule has 1 spiro atoms. The third-order valence-corrected chi connectivity index (χ3v) is 6.66. The summed E-state index contributed by atoms with van der Waals surface area (Å²) in [6, 6.07) is 2.41. The molecule has 0 bridgehead atoms. The molecule has 26 heavy (non-hydrogen) atoms. The summed E-state index contributed by atoms with van der Waals surface area (Å²) >= 11 is 1.69. The number of aromatic nitrogens is 3. The predicted molar refractivity (Wildman–Crippen MR) is 102 cm³/mol. The monoisotopic (exact) mass is 373 g/mol. The van der Waals surface area contributed by atoms with Crippen LogP contribution in [0.15, 0.2) is 23.8 Å². The van der Waals surface area contributed by atoms with Crippen LogP contribution in [0.25, 0.3) is 0 Å². The third-order valence-electron chi connectivity index (χ3n) is 5.89. The lowest BCUT2D eigenvalue weighted by Gasteiger charge is -2.41. The Morgan fingerprint density at radius 3 is 2.96 bits per heavy atom. The molecule has 4 heterocycles. The van der Waals surface area contributed by atoms with E-state index in [0.717, 1.165) is 44.0 Å². The van der Waals surface area contributed by atoms with Crippen LogP contribution in [-0.2, 0) is 11.3 Å². The van der Waals surface area contributed by atoms with E-state index in [1.54, 1.807) is 11.3 Å². The fraction of sp³-hybridized carbons (Fsp3) is 0.632. The first-order chi connectivity index (χ1) is 12.5. The molecule has 1 amide bonds. The van der Waals surface area contributed by atoms with Gasteiger partial charge in [-0.2, -0.15) is 5.10 Å². The van der Waals surface area contributed by atoms with Gasteiger partial charge >= 0.3 is 0 Å². The fourth-order valence-electron chi connectivity index (χ4n) is 4.75. The van der Waals surface area contributed by atoms with Crippen molar-refractivity contribution >= 4 is 17.2 Å². The first-order valence-corrected chi connectivity index (χ1v) is 10.3. The lowest BCUT2D eigenvalue weighted by molar-refractivity contribution is -0.145. The Balaban J connectivity index is 1.70. The molecule has 0 aromatic carbocycles. The normalized spacial score (nSPS) is 27.2. The van der Waals surface area contributed by atoms with Gasteiger partial charge in [0.05, 0.1) is 12.0 Å². The number of amides is 1. The van der Waals surface area contributed by atoms with E-state index in [-0.39, 0.29) is 11.3 Å². The van der Waals surface area contributed by atoms with Gasteiger partial charge < -0.3 is 4.90 Å². The van der Waals surface area contributed by atoms with Gasteiger partial charge in [-0.15, -0.1) is 11.3 Å². The molecule has 0 radical (unpaired) electrons. The molecule has 0 saturated carbocycles. The van der Waals surface area contributed by atoms with Crippen LogP contribution in [-0.4, -0.2) is 57.2 Å². The molecular weight excluding hydrogens is 346 g/mol. The molecule has 0 N–H and O–H groups in total. The average molecular weight is 374 g/mol. The first-order valence-electron chi connectivity index (χ1n) is 9.41. The van der Waals surface area contributed by atoms with Crippen LogP contribution in [0.4, 0.5) is 0 Å². The molecule has 2 aliphatic heterocycles. The Hall–Kier alpha value is -1.73. The van der Waals surface area contributed by atoms with Gasteiger partial charge in [0.15, 0.2) is 0 Å². The number of carbonyl (C=O) groups is 1. The lowest BCUT2D eigenvalue weighted by atomic mass is 9.70. The van der Waals surface area contributed by atoms with E-state index in [1.807, 2.05) is 29.7 Å². The third kappa shape index (κ3) is 2.87. The summed E-state index contributed by atoms with van der Waals surface area (Å²) in [6.07, 6.45) is 5.76. The highest BCUT2D eigenvalue weighted by atomic mass is 32.1. The summed E-state index contributed by atoms with van der Waals surface area (Å²) in [5.41, 5.74) is 0.863. The molecule has 2 saturated heterocycles. The number of piperidine rings is 1. The Bertz CT molecular complexity index is 771. The van der Waals surface area contributed by atoms with E-state index in [9.17, 15) is 4.79 Å². The molecule has 6 nitrogen and oxygen atoms in total. The second kappa shape index (κ2) is 6.78. The maximum atomic E-state index is 13.3. The van der Waals surface area contributed by atoms with Gasteiger partial charge in [0, 0.05) is 62.1 Å². The van der Waals surface area contributed by atoms with Crippen molar-refractivity contribution in [3.8, 4) is 0 Å². The zero-order valence-corrected chi connectivity index (χ0v) is 16.6. The standard InChI is InChI=1S/C19H27N5OS/c1-14(2)24-16(5-7-21-24)15-11-23(12-17-20-8-10-26-17)13-19(15)6-4-9-22(3)18(19)25/h5,7-8,10,14-15H,4,6,9,11-13H2,1-3H3/t15-,19+/m0/s1. The van der Waals surface area contributed by atoms with Crippen LogP contribution in [0.3, 0.4) is 0 Å². The van der Waals surface area contributed by atoms with E-state index in [4.69, 9.17) is 0 Å². The Kier molecular flexibility index (Phi) is 4.61. The van der Waals surface area contributed by atoms with Crippen LogP contribution in [0, 0.1) is 5.41 Å². The Morgan fingerprint density at radius 1 is 1.38 bits per heavy atom. The minimum absolute atomic E-state index is 0.183. The number of nitrogens with zero attached hydrogens (tertiary/aromatic N) is 5. The number of carbonyl (C=O) groups excluding carboxylic acids is 1. The highest BCUT2D eigenvalue weighted by Gasteiger charge is 2.55. The van der Waals surface area contributed by atoms with Crippen molar-refractivity contribution in [1.82, 2.24) is 24.6 Å². The van der Waals surface area contributed by atoms with E-state index in [2.05, 4.69) is 39.6 Å². The molecule has 7 heteroatoms. The summed E-state index contributed by atoms with van der Waals surface area (Å²) in [5.74, 6) is 0.481. The fourth-order valence-corrected chi connectivity index (χ4v) is 5.41. The number of rotatable bonds is 4. The summed E-state index contributed by atoms with van der Waals surface area (Å²) in [4.78, 5) is 22.1. The molecule has 4 rings (SSSR count). The smallest absolute Gasteiger partial charge is 0.230 e. The van der Waals surface area contributed by atoms with Gasteiger partial charge in [-0.25, -0.2) is 4.98 Å². The van der Waals surface area contributed by atoms with Crippen molar-refractivity contribution in [2.45, 2.75) is 45.2 Å². The second-order valence-corrected chi connectivity index (χ2v) is 8.91. The zero-order valence-electron chi connectivity index (χ0n) is 15.8. The van der Waals surface area contributed by atoms with Crippen molar-refractivity contribution < 1.29 is 4.79 Å². The topological polar surface area (TPSA) is 54.3 Å². The van der Waals surface area contributed by atoms with Crippen LogP contribution in [0.1, 0.15) is 49.4 Å². The molecule has 0 aliphatic carbocycles. The Labute approximate surface area is 158 Å². The van der Waals surface area contributed by atoms with Gasteiger partial charge in [-0.1, -0.05) is 0 Å². The summed E-state index contributed by atoms with van der Waals surface area (Å²) < 4.78 is 2.10. The van der Waals surface area contributed by atoms with E-state index in [1.165, 1.54) is 5.69 Å². The van der Waals surface area contributed by atoms with Gasteiger partial charge in [0.25, 0.3) is 0 Å². The van der Waals surface area contributed by atoms with Gasteiger partial charge in [0.2, 0.25) is 5.91 Å². The van der Waals surface area contributed by atoms with Gasteiger partial charge in [-0.05, 0) is 32.8 Å². The molecule has 2 aliphatic rings. The van der Waals surface area contributed by atoms with Crippen LogP contribution < -0.4 is 0 Å². The average Bonchev–Trinajstić information content (AvgIpc) is 3.32. The van der Waals surface area contributed by atoms with E-state index >= 15 is 0 Å². The minimum atomic E-state index is -0.336. The zero-order chi connectivity index (χ0) is 18.3. The molecular formula is C19H27N5OS. The highest BCUT2D eigenvalue weighted by molar-refractivity contribution is 7.09. The van der Waals surface area contributed by atoms with Gasteiger partial charge in [0.1, 0.15) is 5.01 Å². The number of likely N-dealkylation sites (tertiary alicyclic amines) is 2. The maximum absolute atomic E-state index is 13.3. The maximum Gasteiger partial charge on any atom is 0.230 e. The van der Waals surface area contributed by atoms with E-state index in [0.29, 0.717) is 11.9 Å². The molecule has 2 atom stereocenters. The molecule has 2 aromatic rings. The summed E-state index contributed by atoms with van der Waals surface area (Å²) in [7, 11) is 1.95. The minimum Gasteiger partial charge on any atom is -0.345 e. The van der Waals surface area contributed by atoms with Crippen molar-refractivity contribution in [3.63, 3.8) is 0 Å². The lowest BCUT2D eigenvalue weighted by Crippen LogP contribution is -2.50. The van der Waals surface area contributed by atoms with Crippen molar-refractivity contribution in [1.29, 1.82) is 0 Å². The number of hydrogen-bond acceptors (Lipinski definition) is 5. The summed E-state index contributed by atoms with van der Waals surface area (Å²) in [6.45, 7) is 7.69. The van der Waals surface area contributed by atoms with Crippen molar-refractivity contribution in [2.24, 2.45) is 5.41 Å². The SMILES string of the molecule is CC(C)n1nccc1[C@@H]1CN(Cc2nccs2)C[C@]12CCCN(C)C2=O. The van der Waals surface area contributed by atoms with Gasteiger partial charge in [-0.3, -0.25) is 14.4 Å². The molecule has 2 fully saturated rings. The quantitative estimate of drug-likeness (QED) is 0.827. The summed E-state index contributed by atoms with van der Waals surface area (Å²) in [5, 5.41) is 7.69. The molecule has 2 aromatic heterocycles. The van der Waals surface area contributed by atoms with Crippen LogP contribution in [0.5, 0.6) is 0 Å². The Morgan fingerprint density at radius 2 is 2.23 bits per heavy atom. The number of hydrogen-bond donors (Lipinski definition) is 0.